The Morgan fingerprint density at radius 2 is 1.82 bits per heavy atom. The summed E-state index contributed by atoms with van der Waals surface area (Å²) in [5, 5.41) is 1.78. The van der Waals surface area contributed by atoms with Gasteiger partial charge in [0.2, 0.25) is 5.91 Å². The zero-order valence-electron chi connectivity index (χ0n) is 21.7. The molecule has 0 bridgehead atoms. The van der Waals surface area contributed by atoms with Crippen LogP contribution >= 0.6 is 11.6 Å². The van der Waals surface area contributed by atoms with E-state index in [1.165, 1.54) is 5.56 Å². The fourth-order valence-corrected chi connectivity index (χ4v) is 5.75. The van der Waals surface area contributed by atoms with Gasteiger partial charge in [-0.05, 0) is 54.7 Å². The van der Waals surface area contributed by atoms with Gasteiger partial charge in [0, 0.05) is 54.1 Å². The molecular formula is C32H33ClN2O3. The van der Waals surface area contributed by atoms with Gasteiger partial charge in [0.15, 0.2) is 0 Å². The summed E-state index contributed by atoms with van der Waals surface area (Å²) in [5.41, 5.74) is 4.46. The van der Waals surface area contributed by atoms with E-state index in [2.05, 4.69) is 53.2 Å². The van der Waals surface area contributed by atoms with Crippen LogP contribution in [0.25, 0.3) is 10.9 Å². The number of benzene rings is 3. The third-order valence-electron chi connectivity index (χ3n) is 7.41. The number of rotatable bonds is 8. The van der Waals surface area contributed by atoms with Crippen LogP contribution in [-0.2, 0) is 20.9 Å². The van der Waals surface area contributed by atoms with Gasteiger partial charge in [-0.25, -0.2) is 0 Å². The van der Waals surface area contributed by atoms with Crippen LogP contribution in [0.1, 0.15) is 48.8 Å². The molecule has 0 saturated carbocycles. The number of esters is 1. The lowest BCUT2D eigenvalue weighted by molar-refractivity contribution is -0.151. The largest absolute Gasteiger partial charge is 0.466 e. The topological polar surface area (TPSA) is 51.5 Å². The maximum absolute atomic E-state index is 13.7. The van der Waals surface area contributed by atoms with Crippen molar-refractivity contribution in [1.82, 2.24) is 9.47 Å². The third kappa shape index (κ3) is 5.78. The van der Waals surface area contributed by atoms with Crippen LogP contribution in [-0.4, -0.2) is 41.0 Å². The number of fused-ring (bicyclic) bond motifs is 1. The van der Waals surface area contributed by atoms with Crippen LogP contribution in [0.2, 0.25) is 5.02 Å². The smallest absolute Gasteiger partial charge is 0.310 e. The molecule has 3 aromatic carbocycles. The minimum atomic E-state index is -0.259. The molecule has 38 heavy (non-hydrogen) atoms. The summed E-state index contributed by atoms with van der Waals surface area (Å²) in [6, 6.07) is 26.6. The van der Waals surface area contributed by atoms with Crippen LogP contribution in [0.3, 0.4) is 0 Å². The molecule has 1 aromatic heterocycles. The van der Waals surface area contributed by atoms with Crippen molar-refractivity contribution in [3.8, 4) is 0 Å². The van der Waals surface area contributed by atoms with Gasteiger partial charge in [0.1, 0.15) is 0 Å². The Labute approximate surface area is 229 Å². The quantitative estimate of drug-likeness (QED) is 0.240. The van der Waals surface area contributed by atoms with E-state index in [-0.39, 0.29) is 23.7 Å². The second kappa shape index (κ2) is 11.9. The van der Waals surface area contributed by atoms with Gasteiger partial charge in [-0.2, -0.15) is 0 Å². The van der Waals surface area contributed by atoms with E-state index >= 15 is 0 Å². The normalized spacial score (nSPS) is 16.4. The van der Waals surface area contributed by atoms with Gasteiger partial charge < -0.3 is 14.2 Å². The lowest BCUT2D eigenvalue weighted by Crippen LogP contribution is -2.43. The van der Waals surface area contributed by atoms with Gasteiger partial charge >= 0.3 is 5.97 Å². The Balaban J connectivity index is 1.49. The fraction of sp³-hybridized carbons (Fsp3) is 0.312. The highest BCUT2D eigenvalue weighted by Gasteiger charge is 2.31. The molecule has 1 aliphatic heterocycles. The van der Waals surface area contributed by atoms with E-state index in [1.807, 2.05) is 48.2 Å². The lowest BCUT2D eigenvalue weighted by Gasteiger charge is -2.32. The molecule has 196 valence electrons. The number of ether oxygens (including phenoxy) is 1. The number of likely N-dealkylation sites (tertiary alicyclic amines) is 1. The molecule has 1 saturated heterocycles. The number of nitrogens with zero attached hydrogens (tertiary/aromatic N) is 2. The second-order valence-electron chi connectivity index (χ2n) is 9.96. The first-order valence-electron chi connectivity index (χ1n) is 13.3. The number of hydrogen-bond acceptors (Lipinski definition) is 3. The predicted octanol–water partition coefficient (Wildman–Crippen LogP) is 6.67. The van der Waals surface area contributed by atoms with Gasteiger partial charge in [-0.1, -0.05) is 72.3 Å². The molecular weight excluding hydrogens is 496 g/mol. The molecule has 2 heterocycles. The van der Waals surface area contributed by atoms with E-state index < -0.39 is 0 Å². The van der Waals surface area contributed by atoms with Crippen molar-refractivity contribution in [2.75, 3.05) is 19.7 Å². The third-order valence-corrected chi connectivity index (χ3v) is 7.65. The number of amides is 1. The van der Waals surface area contributed by atoms with Crippen molar-refractivity contribution >= 4 is 34.4 Å². The summed E-state index contributed by atoms with van der Waals surface area (Å²) in [6.45, 7) is 3.98. The van der Waals surface area contributed by atoms with Gasteiger partial charge in [0.05, 0.1) is 12.5 Å². The summed E-state index contributed by atoms with van der Waals surface area (Å²) in [7, 11) is 0. The van der Waals surface area contributed by atoms with Crippen LogP contribution in [0.4, 0.5) is 0 Å². The Morgan fingerprint density at radius 1 is 1.03 bits per heavy atom. The van der Waals surface area contributed by atoms with E-state index in [4.69, 9.17) is 16.3 Å². The molecule has 1 fully saturated rings. The Bertz CT molecular complexity index is 1410. The number of para-hydroxylation sites is 1. The number of piperidine rings is 1. The van der Waals surface area contributed by atoms with E-state index in [0.29, 0.717) is 31.1 Å². The molecule has 5 rings (SSSR count). The highest BCUT2D eigenvalue weighted by molar-refractivity contribution is 6.30. The molecule has 5 nitrogen and oxygen atoms in total. The van der Waals surface area contributed by atoms with Crippen molar-refractivity contribution in [3.05, 3.63) is 107 Å². The van der Waals surface area contributed by atoms with Crippen molar-refractivity contribution in [2.45, 2.75) is 38.6 Å². The highest BCUT2D eigenvalue weighted by Crippen LogP contribution is 2.37. The zero-order chi connectivity index (χ0) is 26.5. The fourth-order valence-electron chi connectivity index (χ4n) is 5.55. The molecule has 0 radical (unpaired) electrons. The summed E-state index contributed by atoms with van der Waals surface area (Å²) >= 11 is 6.42. The molecule has 1 aliphatic rings. The maximum atomic E-state index is 13.7. The lowest BCUT2D eigenvalue weighted by atomic mass is 9.87. The van der Waals surface area contributed by atoms with Gasteiger partial charge in [-0.15, -0.1) is 0 Å². The Hall–Kier alpha value is -3.57. The van der Waals surface area contributed by atoms with Crippen molar-refractivity contribution in [3.63, 3.8) is 0 Å². The number of halogens is 1. The standard InChI is InChI=1S/C32H33ClN2O3/c1-2-38-32(37)25-13-9-17-34(21-25)31(36)19-28(24-12-8-14-26(33)18-24)29-22-35(20-23-10-4-3-5-11-23)30-16-7-6-15-27(29)30/h3-8,10-12,14-16,18,22,25,28H,2,9,13,17,19-21H2,1H3. The van der Waals surface area contributed by atoms with Crippen molar-refractivity contribution in [1.29, 1.82) is 0 Å². The summed E-state index contributed by atoms with van der Waals surface area (Å²) in [6.07, 6.45) is 4.05. The molecule has 4 aromatic rings. The van der Waals surface area contributed by atoms with Crippen LogP contribution in [0, 0.1) is 5.92 Å². The molecule has 2 atom stereocenters. The van der Waals surface area contributed by atoms with Crippen molar-refractivity contribution in [2.24, 2.45) is 5.92 Å². The monoisotopic (exact) mass is 528 g/mol. The first-order chi connectivity index (χ1) is 18.5. The molecule has 0 N–H and O–H groups in total. The van der Waals surface area contributed by atoms with Crippen LogP contribution < -0.4 is 0 Å². The zero-order valence-corrected chi connectivity index (χ0v) is 22.4. The highest BCUT2D eigenvalue weighted by atomic mass is 35.5. The molecule has 1 amide bonds. The maximum Gasteiger partial charge on any atom is 0.310 e. The summed E-state index contributed by atoms with van der Waals surface area (Å²) in [5.74, 6) is -0.597. The van der Waals surface area contributed by atoms with Crippen LogP contribution in [0.5, 0.6) is 0 Å². The van der Waals surface area contributed by atoms with Gasteiger partial charge in [-0.3, -0.25) is 9.59 Å². The molecule has 6 heteroatoms. The first kappa shape index (κ1) is 26.1. The van der Waals surface area contributed by atoms with Crippen molar-refractivity contribution < 1.29 is 14.3 Å². The number of carbonyl (C=O) groups is 2. The first-order valence-corrected chi connectivity index (χ1v) is 13.7. The SMILES string of the molecule is CCOC(=O)C1CCCN(C(=O)CC(c2cccc(Cl)c2)c2cn(Cc3ccccc3)c3ccccc23)C1. The minimum absolute atomic E-state index is 0.0452. The number of aromatic nitrogens is 1. The minimum Gasteiger partial charge on any atom is -0.466 e. The van der Waals surface area contributed by atoms with E-state index in [0.717, 1.165) is 41.4 Å². The Morgan fingerprint density at radius 3 is 2.61 bits per heavy atom. The average molecular weight is 529 g/mol. The molecule has 0 spiro atoms. The molecule has 0 aliphatic carbocycles. The average Bonchev–Trinajstić information content (AvgIpc) is 3.30. The second-order valence-corrected chi connectivity index (χ2v) is 10.4. The van der Waals surface area contributed by atoms with Gasteiger partial charge in [0.25, 0.3) is 0 Å². The van der Waals surface area contributed by atoms with E-state index in [1.54, 1.807) is 0 Å². The number of carbonyl (C=O) groups excluding carboxylic acids is 2. The van der Waals surface area contributed by atoms with Crippen LogP contribution in [0.15, 0.2) is 85.1 Å². The predicted molar refractivity (Wildman–Crippen MR) is 151 cm³/mol. The molecule has 2 unspecified atom stereocenters. The summed E-state index contributed by atoms with van der Waals surface area (Å²) in [4.78, 5) is 28.0. The number of hydrogen-bond donors (Lipinski definition) is 0. The van der Waals surface area contributed by atoms with E-state index in [9.17, 15) is 9.59 Å². The Kier molecular flexibility index (Phi) is 8.14. The summed E-state index contributed by atoms with van der Waals surface area (Å²) < 4.78 is 7.51.